The van der Waals surface area contributed by atoms with Gasteiger partial charge in [-0.05, 0) is 30.7 Å². The summed E-state index contributed by atoms with van der Waals surface area (Å²) in [4.78, 5) is 23.5. The van der Waals surface area contributed by atoms with Gasteiger partial charge in [0.2, 0.25) is 11.7 Å². The van der Waals surface area contributed by atoms with Crippen molar-refractivity contribution in [2.45, 2.75) is 24.5 Å². The molecule has 0 fully saturated rings. The number of carbonyl (C=O) groups excluding carboxylic acids is 2. The van der Waals surface area contributed by atoms with Gasteiger partial charge in [-0.25, -0.2) is 9.13 Å². The number of benzene rings is 1. The molecule has 0 saturated carbocycles. The van der Waals surface area contributed by atoms with Crippen molar-refractivity contribution < 1.29 is 26.6 Å². The quantitative estimate of drug-likeness (QED) is 0.422. The van der Waals surface area contributed by atoms with Crippen LogP contribution in [0.25, 0.3) is 0 Å². The monoisotopic (exact) mass is 418 g/mol. The zero-order valence-corrected chi connectivity index (χ0v) is 17.3. The maximum absolute atomic E-state index is 12.3. The van der Waals surface area contributed by atoms with Crippen molar-refractivity contribution in [1.29, 1.82) is 0 Å². The number of aryl methyl sites for hydroxylation is 1. The summed E-state index contributed by atoms with van der Waals surface area (Å²) in [5, 5.41) is 3.75. The second kappa shape index (κ2) is 11.2. The van der Waals surface area contributed by atoms with Crippen LogP contribution in [0.1, 0.15) is 12.5 Å². The minimum Gasteiger partial charge on any atom is -1.00 e. The number of Topliss-reactive ketones (excluding diaryl/α,β-unsaturated/α-hetero) is 1. The first-order valence-electron chi connectivity index (χ1n) is 7.66. The molecule has 0 spiro atoms. The molecule has 0 saturated heterocycles. The highest BCUT2D eigenvalue weighted by atomic mass is 35.5. The van der Waals surface area contributed by atoms with Gasteiger partial charge in [0.25, 0.3) is 0 Å². The molecular weight excluding hydrogens is 395 g/mol. The van der Waals surface area contributed by atoms with Gasteiger partial charge in [0.05, 0.1) is 25.9 Å². The van der Waals surface area contributed by atoms with Crippen LogP contribution in [0.2, 0.25) is 0 Å². The first-order valence-corrected chi connectivity index (χ1v) is 8.65. The predicted molar refractivity (Wildman–Crippen MR) is 102 cm³/mol. The van der Waals surface area contributed by atoms with Gasteiger partial charge in [0, 0.05) is 0 Å². The molecule has 0 aliphatic rings. The molecule has 0 radical (unpaired) electrons. The Kier molecular flexibility index (Phi) is 10.6. The third kappa shape index (κ3) is 6.64. The predicted octanol–water partition coefficient (Wildman–Crippen LogP) is -1.53. The molecule has 0 unspecified atom stereocenters. The van der Waals surface area contributed by atoms with Gasteiger partial charge in [-0.15, -0.1) is 12.4 Å². The summed E-state index contributed by atoms with van der Waals surface area (Å²) in [6.45, 7) is 1.56. The Morgan fingerprint density at radius 2 is 1.92 bits per heavy atom. The number of hydrogen-bond acceptors (Lipinski definition) is 4. The Hall–Kier alpha value is -1.54. The molecule has 0 bridgehead atoms. The SMILES string of the molecule is CC(=O)CSc1n(C)c(NC(=O)[C@@H](N)Cc2ccccc2)c[n+]1C.Cl.[Cl-]. The van der Waals surface area contributed by atoms with Crippen molar-refractivity contribution in [1.82, 2.24) is 4.57 Å². The van der Waals surface area contributed by atoms with E-state index in [1.807, 2.05) is 59.8 Å². The van der Waals surface area contributed by atoms with Crippen molar-refractivity contribution in [3.63, 3.8) is 0 Å². The molecule has 3 N–H and O–H groups in total. The number of nitrogens with one attached hydrogen (secondary N) is 1. The number of ketones is 1. The molecule has 9 heteroatoms. The van der Waals surface area contributed by atoms with Crippen molar-refractivity contribution in [2.24, 2.45) is 19.8 Å². The van der Waals surface area contributed by atoms with Crippen LogP contribution in [0.3, 0.4) is 0 Å². The molecule has 1 heterocycles. The topological polar surface area (TPSA) is 81.0 Å². The number of aromatic nitrogens is 2. The lowest BCUT2D eigenvalue weighted by atomic mass is 10.1. The summed E-state index contributed by atoms with van der Waals surface area (Å²) in [6.07, 6.45) is 2.30. The lowest BCUT2D eigenvalue weighted by Gasteiger charge is -2.10. The number of nitrogens with zero attached hydrogens (tertiary/aromatic N) is 2. The van der Waals surface area contributed by atoms with Crippen LogP contribution in [-0.4, -0.2) is 28.1 Å². The lowest BCUT2D eigenvalue weighted by Crippen LogP contribution is -3.00. The fourth-order valence-electron chi connectivity index (χ4n) is 2.33. The molecule has 0 aliphatic heterocycles. The highest BCUT2D eigenvalue weighted by Crippen LogP contribution is 2.18. The van der Waals surface area contributed by atoms with Gasteiger partial charge in [-0.1, -0.05) is 30.3 Å². The lowest BCUT2D eigenvalue weighted by molar-refractivity contribution is -0.709. The highest BCUT2D eigenvalue weighted by Gasteiger charge is 2.23. The second-order valence-electron chi connectivity index (χ2n) is 5.74. The van der Waals surface area contributed by atoms with E-state index >= 15 is 0 Å². The smallest absolute Gasteiger partial charge is 0.319 e. The van der Waals surface area contributed by atoms with Gasteiger partial charge in [-0.3, -0.25) is 14.9 Å². The molecule has 6 nitrogen and oxygen atoms in total. The number of imidazole rings is 1. The van der Waals surface area contributed by atoms with E-state index in [-0.39, 0.29) is 36.5 Å². The normalized spacial score (nSPS) is 11.1. The molecular formula is C17H24Cl2N4O2S. The molecule has 26 heavy (non-hydrogen) atoms. The number of nitrogens with two attached hydrogens (primary N) is 1. The van der Waals surface area contributed by atoms with Crippen molar-refractivity contribution in [3.8, 4) is 0 Å². The average molecular weight is 419 g/mol. The van der Waals surface area contributed by atoms with Crippen LogP contribution in [0.4, 0.5) is 5.82 Å². The van der Waals surface area contributed by atoms with Crippen LogP contribution in [0, 0.1) is 0 Å². The number of rotatable bonds is 7. The minimum absolute atomic E-state index is 0. The fourth-order valence-corrected chi connectivity index (χ4v) is 3.21. The maximum Gasteiger partial charge on any atom is 0.319 e. The first-order chi connectivity index (χ1) is 11.4. The maximum atomic E-state index is 12.3. The fraction of sp³-hybridized carbons (Fsp3) is 0.353. The number of halogens is 2. The van der Waals surface area contributed by atoms with Gasteiger partial charge in [0.15, 0.2) is 6.20 Å². The third-order valence-electron chi connectivity index (χ3n) is 3.56. The minimum atomic E-state index is -0.624. The summed E-state index contributed by atoms with van der Waals surface area (Å²) in [5.74, 6) is 0.920. The zero-order valence-electron chi connectivity index (χ0n) is 14.9. The Balaban J connectivity index is 0.00000312. The molecule has 2 aromatic rings. The van der Waals surface area contributed by atoms with Crippen molar-refractivity contribution in [2.75, 3.05) is 11.1 Å². The number of thioether (sulfide) groups is 1. The van der Waals surface area contributed by atoms with Gasteiger partial charge < -0.3 is 18.1 Å². The summed E-state index contributed by atoms with van der Waals surface area (Å²) in [6, 6.07) is 9.06. The van der Waals surface area contributed by atoms with Gasteiger partial charge in [-0.2, -0.15) is 0 Å². The molecule has 1 atom stereocenters. The zero-order chi connectivity index (χ0) is 17.7. The Morgan fingerprint density at radius 1 is 1.31 bits per heavy atom. The summed E-state index contributed by atoms with van der Waals surface area (Å²) < 4.78 is 3.73. The van der Waals surface area contributed by atoms with E-state index in [9.17, 15) is 9.59 Å². The Bertz CT molecular complexity index is 738. The van der Waals surface area contributed by atoms with Gasteiger partial charge in [0.1, 0.15) is 5.78 Å². The first kappa shape index (κ1) is 24.5. The Morgan fingerprint density at radius 3 is 2.50 bits per heavy atom. The summed E-state index contributed by atoms with van der Waals surface area (Å²) >= 11 is 1.43. The standard InChI is InChI=1S/C17H22N4O2S.2ClH/c1-12(22)11-24-17-20(2)10-15(21(17)3)19-16(23)14(18)9-13-7-5-4-6-8-13;;/h4-8,10,14H,9,11,18H2,1-3H3;2*1H/t14-;;/m0../s1. The molecule has 2 rings (SSSR count). The third-order valence-corrected chi connectivity index (χ3v) is 4.93. The van der Waals surface area contributed by atoms with Gasteiger partial charge >= 0.3 is 5.16 Å². The second-order valence-corrected chi connectivity index (χ2v) is 6.69. The molecule has 0 aliphatic carbocycles. The highest BCUT2D eigenvalue weighted by molar-refractivity contribution is 7.99. The van der Waals surface area contributed by atoms with E-state index in [0.717, 1.165) is 10.7 Å². The van der Waals surface area contributed by atoms with E-state index in [0.29, 0.717) is 18.0 Å². The van der Waals surface area contributed by atoms with E-state index in [1.165, 1.54) is 11.8 Å². The average Bonchev–Trinajstić information content (AvgIpc) is 2.80. The van der Waals surface area contributed by atoms with Crippen LogP contribution in [-0.2, 0) is 30.1 Å². The Labute approximate surface area is 170 Å². The van der Waals surface area contributed by atoms with E-state index in [2.05, 4.69) is 5.32 Å². The van der Waals surface area contributed by atoms with Crippen molar-refractivity contribution >= 4 is 41.7 Å². The van der Waals surface area contributed by atoms with Crippen LogP contribution in [0.5, 0.6) is 0 Å². The number of carbonyl (C=O) groups is 2. The van der Waals surface area contributed by atoms with Crippen LogP contribution >= 0.6 is 24.2 Å². The summed E-state index contributed by atoms with van der Waals surface area (Å²) in [5.41, 5.74) is 7.04. The number of amides is 1. The van der Waals surface area contributed by atoms with Crippen LogP contribution < -0.4 is 28.0 Å². The van der Waals surface area contributed by atoms with E-state index in [1.54, 1.807) is 6.92 Å². The summed E-state index contributed by atoms with van der Waals surface area (Å²) in [7, 11) is 3.73. The van der Waals surface area contributed by atoms with Crippen LogP contribution in [0.15, 0.2) is 41.7 Å². The molecule has 1 amide bonds. The largest absolute Gasteiger partial charge is 1.00 e. The number of anilines is 1. The number of hydrogen-bond donors (Lipinski definition) is 2. The molecule has 1 aromatic heterocycles. The van der Waals surface area contributed by atoms with E-state index < -0.39 is 6.04 Å². The molecule has 144 valence electrons. The molecule has 1 aromatic carbocycles. The van der Waals surface area contributed by atoms with Crippen molar-refractivity contribution in [3.05, 3.63) is 42.1 Å². The van der Waals surface area contributed by atoms with E-state index in [4.69, 9.17) is 5.73 Å².